The molecule has 1 aliphatic rings. The van der Waals surface area contributed by atoms with Crippen LogP contribution in [-0.2, 0) is 6.42 Å². The van der Waals surface area contributed by atoms with Gasteiger partial charge in [0.05, 0.1) is 22.4 Å². The van der Waals surface area contributed by atoms with Gasteiger partial charge in [0.25, 0.3) is 0 Å². The Labute approximate surface area is 180 Å². The lowest BCUT2D eigenvalue weighted by molar-refractivity contribution is 0.412. The summed E-state index contributed by atoms with van der Waals surface area (Å²) in [5, 5.41) is 3.65. The van der Waals surface area contributed by atoms with Gasteiger partial charge in [0.1, 0.15) is 0 Å². The normalized spacial score (nSPS) is 16.7. The molecule has 1 aromatic heterocycles. The first-order valence-corrected chi connectivity index (χ1v) is 11.4. The van der Waals surface area contributed by atoms with E-state index in [9.17, 15) is 0 Å². The third kappa shape index (κ3) is 4.96. The van der Waals surface area contributed by atoms with E-state index >= 15 is 0 Å². The summed E-state index contributed by atoms with van der Waals surface area (Å²) < 4.78 is 0. The Bertz CT molecular complexity index is 1010. The van der Waals surface area contributed by atoms with Crippen molar-refractivity contribution in [2.45, 2.75) is 64.8 Å². The zero-order chi connectivity index (χ0) is 20.9. The molecule has 4 rings (SSSR count). The molecule has 156 valence electrons. The van der Waals surface area contributed by atoms with Crippen LogP contribution in [0.4, 0.5) is 0 Å². The summed E-state index contributed by atoms with van der Waals surface area (Å²) in [5.74, 6) is 0. The standard InChI is InChI=1S/C27H33N3/c1-19(2)8-4-5-10-25-27(21-13-11-20(3)12-14-21)30-24-16-15-22(18-26(24)29-25)23-9-6-7-17-28-23/h11-16,18,23,28H,1,4-10,17H2,2-3H3. The average Bonchev–Trinajstić information content (AvgIpc) is 2.77. The summed E-state index contributed by atoms with van der Waals surface area (Å²) in [6, 6.07) is 15.7. The van der Waals surface area contributed by atoms with E-state index in [4.69, 9.17) is 9.97 Å². The van der Waals surface area contributed by atoms with Crippen LogP contribution in [-0.4, -0.2) is 16.5 Å². The Morgan fingerprint density at radius 2 is 1.87 bits per heavy atom. The van der Waals surface area contributed by atoms with Gasteiger partial charge in [-0.3, -0.25) is 0 Å². The van der Waals surface area contributed by atoms with Gasteiger partial charge in [-0.25, -0.2) is 9.97 Å². The molecule has 0 aliphatic carbocycles. The quantitative estimate of drug-likeness (QED) is 0.354. The number of aromatic nitrogens is 2. The average molecular weight is 400 g/mol. The summed E-state index contributed by atoms with van der Waals surface area (Å²) in [4.78, 5) is 10.2. The monoisotopic (exact) mass is 399 g/mol. The molecule has 0 saturated carbocycles. The van der Waals surface area contributed by atoms with E-state index in [2.05, 4.69) is 68.2 Å². The second-order valence-electron chi connectivity index (χ2n) is 8.80. The molecule has 30 heavy (non-hydrogen) atoms. The van der Waals surface area contributed by atoms with Crippen LogP contribution < -0.4 is 5.32 Å². The van der Waals surface area contributed by atoms with Crippen molar-refractivity contribution in [3.8, 4) is 11.3 Å². The van der Waals surface area contributed by atoms with Crippen molar-refractivity contribution in [2.75, 3.05) is 6.54 Å². The highest BCUT2D eigenvalue weighted by molar-refractivity contribution is 5.79. The molecule has 1 atom stereocenters. The van der Waals surface area contributed by atoms with Crippen molar-refractivity contribution in [1.82, 2.24) is 15.3 Å². The van der Waals surface area contributed by atoms with E-state index in [-0.39, 0.29) is 0 Å². The van der Waals surface area contributed by atoms with Crippen LogP contribution in [0, 0.1) is 6.92 Å². The molecule has 0 bridgehead atoms. The molecule has 1 fully saturated rings. The van der Waals surface area contributed by atoms with E-state index in [1.54, 1.807) is 0 Å². The summed E-state index contributed by atoms with van der Waals surface area (Å²) in [5.41, 5.74) is 9.16. The smallest absolute Gasteiger partial charge is 0.0925 e. The number of fused-ring (bicyclic) bond motifs is 1. The predicted molar refractivity (Wildman–Crippen MR) is 127 cm³/mol. The Hall–Kier alpha value is -2.52. The third-order valence-corrected chi connectivity index (χ3v) is 6.07. The van der Waals surface area contributed by atoms with Gasteiger partial charge in [-0.2, -0.15) is 0 Å². The first-order chi connectivity index (χ1) is 14.6. The third-order valence-electron chi connectivity index (χ3n) is 6.07. The number of allylic oxidation sites excluding steroid dienone is 1. The zero-order valence-corrected chi connectivity index (χ0v) is 18.4. The molecule has 2 aromatic carbocycles. The summed E-state index contributed by atoms with van der Waals surface area (Å²) in [6.07, 6.45) is 8.06. The van der Waals surface area contributed by atoms with Crippen LogP contribution in [0.2, 0.25) is 0 Å². The molecule has 1 unspecified atom stereocenters. The van der Waals surface area contributed by atoms with Gasteiger partial charge in [0, 0.05) is 11.6 Å². The Morgan fingerprint density at radius 3 is 2.60 bits per heavy atom. The van der Waals surface area contributed by atoms with E-state index in [1.165, 1.54) is 36.0 Å². The lowest BCUT2D eigenvalue weighted by Crippen LogP contribution is -2.26. The molecule has 3 heteroatoms. The molecular formula is C27H33N3. The van der Waals surface area contributed by atoms with Crippen molar-refractivity contribution >= 4 is 11.0 Å². The summed E-state index contributed by atoms with van der Waals surface area (Å²) in [6.45, 7) is 9.37. The van der Waals surface area contributed by atoms with Gasteiger partial charge in [0.15, 0.2) is 0 Å². The Balaban J connectivity index is 1.69. The number of aryl methyl sites for hydroxylation is 2. The fraction of sp³-hybridized carbons (Fsp3) is 0.407. The molecule has 1 N–H and O–H groups in total. The number of nitrogens with zero attached hydrogens (tertiary/aromatic N) is 2. The van der Waals surface area contributed by atoms with Crippen molar-refractivity contribution in [3.05, 3.63) is 71.4 Å². The Morgan fingerprint density at radius 1 is 1.03 bits per heavy atom. The maximum Gasteiger partial charge on any atom is 0.0925 e. The molecule has 0 amide bonds. The van der Waals surface area contributed by atoms with E-state index < -0.39 is 0 Å². The second kappa shape index (κ2) is 9.53. The van der Waals surface area contributed by atoms with Crippen LogP contribution >= 0.6 is 0 Å². The second-order valence-corrected chi connectivity index (χ2v) is 8.80. The Kier molecular flexibility index (Phi) is 6.59. The van der Waals surface area contributed by atoms with Crippen molar-refractivity contribution in [2.24, 2.45) is 0 Å². The topological polar surface area (TPSA) is 37.8 Å². The number of hydrogen-bond donors (Lipinski definition) is 1. The number of piperidine rings is 1. The van der Waals surface area contributed by atoms with Crippen LogP contribution in [0.3, 0.4) is 0 Å². The summed E-state index contributed by atoms with van der Waals surface area (Å²) in [7, 11) is 0. The van der Waals surface area contributed by atoms with Crippen LogP contribution in [0.15, 0.2) is 54.6 Å². The molecule has 3 nitrogen and oxygen atoms in total. The van der Waals surface area contributed by atoms with Crippen molar-refractivity contribution in [1.29, 1.82) is 0 Å². The van der Waals surface area contributed by atoms with Gasteiger partial charge >= 0.3 is 0 Å². The van der Waals surface area contributed by atoms with Crippen LogP contribution in [0.25, 0.3) is 22.3 Å². The molecule has 2 heterocycles. The number of hydrogen-bond acceptors (Lipinski definition) is 3. The van der Waals surface area contributed by atoms with Crippen LogP contribution in [0.1, 0.15) is 68.3 Å². The minimum Gasteiger partial charge on any atom is -0.310 e. The molecular weight excluding hydrogens is 366 g/mol. The minimum absolute atomic E-state index is 0.445. The van der Waals surface area contributed by atoms with E-state index in [0.29, 0.717) is 6.04 Å². The largest absolute Gasteiger partial charge is 0.310 e. The first-order valence-electron chi connectivity index (χ1n) is 11.4. The van der Waals surface area contributed by atoms with Gasteiger partial charge < -0.3 is 5.32 Å². The van der Waals surface area contributed by atoms with Gasteiger partial charge in [-0.15, -0.1) is 6.58 Å². The highest BCUT2D eigenvalue weighted by Gasteiger charge is 2.17. The number of rotatable bonds is 7. The molecule has 1 aliphatic heterocycles. The van der Waals surface area contributed by atoms with E-state index in [0.717, 1.165) is 60.2 Å². The summed E-state index contributed by atoms with van der Waals surface area (Å²) >= 11 is 0. The lowest BCUT2D eigenvalue weighted by atomic mass is 9.97. The first kappa shape index (κ1) is 20.7. The van der Waals surface area contributed by atoms with E-state index in [1.807, 2.05) is 0 Å². The SMILES string of the molecule is C=C(C)CCCCc1nc2cc(C3CCCCN3)ccc2nc1-c1ccc(C)cc1. The number of benzene rings is 2. The molecule has 0 radical (unpaired) electrons. The lowest BCUT2D eigenvalue weighted by Gasteiger charge is -2.24. The van der Waals surface area contributed by atoms with Crippen molar-refractivity contribution in [3.63, 3.8) is 0 Å². The fourth-order valence-corrected chi connectivity index (χ4v) is 4.30. The molecule has 1 saturated heterocycles. The van der Waals surface area contributed by atoms with Gasteiger partial charge in [-0.1, -0.05) is 47.9 Å². The van der Waals surface area contributed by atoms with Gasteiger partial charge in [0.2, 0.25) is 0 Å². The molecule has 3 aromatic rings. The number of nitrogens with one attached hydrogen (secondary N) is 1. The van der Waals surface area contributed by atoms with Gasteiger partial charge in [-0.05, 0) is 76.6 Å². The highest BCUT2D eigenvalue weighted by Crippen LogP contribution is 2.29. The van der Waals surface area contributed by atoms with Crippen molar-refractivity contribution < 1.29 is 0 Å². The maximum absolute atomic E-state index is 5.13. The predicted octanol–water partition coefficient (Wildman–Crippen LogP) is 6.71. The highest BCUT2D eigenvalue weighted by atomic mass is 14.9. The maximum atomic E-state index is 5.13. The number of unbranched alkanes of at least 4 members (excludes halogenated alkanes) is 1. The minimum atomic E-state index is 0.445. The fourth-order valence-electron chi connectivity index (χ4n) is 4.30. The molecule has 0 spiro atoms. The zero-order valence-electron chi connectivity index (χ0n) is 18.4. The van der Waals surface area contributed by atoms with Crippen LogP contribution in [0.5, 0.6) is 0 Å².